The second kappa shape index (κ2) is 13.2. The molecule has 1 fully saturated rings. The van der Waals surface area contributed by atoms with Crippen LogP contribution in [0.25, 0.3) is 0 Å². The fourth-order valence-electron chi connectivity index (χ4n) is 3.08. The first kappa shape index (κ1) is 23.0. The molecule has 2 rings (SSSR count). The zero-order chi connectivity index (χ0) is 17.9. The molecule has 148 valence electrons. The van der Waals surface area contributed by atoms with Crippen molar-refractivity contribution in [2.75, 3.05) is 39.8 Å². The third-order valence-electron chi connectivity index (χ3n) is 4.72. The van der Waals surface area contributed by atoms with E-state index in [0.29, 0.717) is 6.54 Å². The Bertz CT molecular complexity index is 530. The number of halogens is 1. The maximum Gasteiger partial charge on any atom is 0.191 e. The van der Waals surface area contributed by atoms with Gasteiger partial charge in [0.05, 0.1) is 13.7 Å². The first-order valence-corrected chi connectivity index (χ1v) is 9.58. The van der Waals surface area contributed by atoms with Crippen LogP contribution in [0.4, 0.5) is 0 Å². The highest BCUT2D eigenvalue weighted by atomic mass is 127. The molecule has 1 aromatic rings. The van der Waals surface area contributed by atoms with Crippen LogP contribution in [0.1, 0.15) is 38.7 Å². The molecule has 1 heterocycles. The van der Waals surface area contributed by atoms with Crippen molar-refractivity contribution in [3.8, 4) is 5.75 Å². The van der Waals surface area contributed by atoms with Crippen LogP contribution >= 0.6 is 24.0 Å². The standard InChI is InChI=1S/C20H34N4O.HI/c1-4-21-20(23-16-18-7-5-8-19(15-18)25-3)22-11-6-12-24-13-9-17(2)10-14-24;/h5,7-8,15,17H,4,6,9-14,16H2,1-3H3,(H2,21,22,23);1H. The van der Waals surface area contributed by atoms with Gasteiger partial charge in [0.1, 0.15) is 5.75 Å². The van der Waals surface area contributed by atoms with Crippen molar-refractivity contribution in [1.82, 2.24) is 15.5 Å². The number of likely N-dealkylation sites (tertiary alicyclic amines) is 1. The molecule has 26 heavy (non-hydrogen) atoms. The van der Waals surface area contributed by atoms with E-state index in [-0.39, 0.29) is 24.0 Å². The average molecular weight is 474 g/mol. The van der Waals surface area contributed by atoms with Crippen LogP contribution < -0.4 is 15.4 Å². The Morgan fingerprint density at radius 3 is 2.73 bits per heavy atom. The van der Waals surface area contributed by atoms with Gasteiger partial charge in [-0.3, -0.25) is 0 Å². The minimum absolute atomic E-state index is 0. The van der Waals surface area contributed by atoms with Gasteiger partial charge >= 0.3 is 0 Å². The van der Waals surface area contributed by atoms with Crippen molar-refractivity contribution < 1.29 is 4.74 Å². The van der Waals surface area contributed by atoms with Crippen molar-refractivity contribution in [3.05, 3.63) is 29.8 Å². The molecule has 1 aromatic carbocycles. The topological polar surface area (TPSA) is 48.9 Å². The number of guanidine groups is 1. The summed E-state index contributed by atoms with van der Waals surface area (Å²) in [5.41, 5.74) is 1.15. The predicted molar refractivity (Wildman–Crippen MR) is 121 cm³/mol. The van der Waals surface area contributed by atoms with Crippen molar-refractivity contribution in [2.24, 2.45) is 10.9 Å². The zero-order valence-corrected chi connectivity index (χ0v) is 18.8. The van der Waals surface area contributed by atoms with Crippen molar-refractivity contribution in [3.63, 3.8) is 0 Å². The fourth-order valence-corrected chi connectivity index (χ4v) is 3.08. The third-order valence-corrected chi connectivity index (χ3v) is 4.72. The molecule has 0 atom stereocenters. The van der Waals surface area contributed by atoms with Gasteiger partial charge in [-0.25, -0.2) is 4.99 Å². The van der Waals surface area contributed by atoms with E-state index in [1.165, 1.54) is 32.5 Å². The minimum atomic E-state index is 0. The molecule has 1 aliphatic rings. The number of ether oxygens (including phenoxy) is 1. The van der Waals surface area contributed by atoms with E-state index in [4.69, 9.17) is 4.74 Å². The molecule has 0 amide bonds. The summed E-state index contributed by atoms with van der Waals surface area (Å²) in [4.78, 5) is 7.26. The van der Waals surface area contributed by atoms with Crippen LogP contribution in [-0.2, 0) is 6.54 Å². The van der Waals surface area contributed by atoms with Gasteiger partial charge in [0, 0.05) is 13.1 Å². The molecule has 0 bridgehead atoms. The van der Waals surface area contributed by atoms with Crippen LogP contribution in [0, 0.1) is 5.92 Å². The predicted octanol–water partition coefficient (Wildman–Crippen LogP) is 3.49. The SMILES string of the molecule is CCNC(=NCc1cccc(OC)c1)NCCCN1CCC(C)CC1.I. The highest BCUT2D eigenvalue weighted by Crippen LogP contribution is 2.15. The van der Waals surface area contributed by atoms with Gasteiger partial charge < -0.3 is 20.3 Å². The van der Waals surface area contributed by atoms with E-state index >= 15 is 0 Å². The average Bonchev–Trinajstić information content (AvgIpc) is 2.64. The normalized spacial score (nSPS) is 16.0. The van der Waals surface area contributed by atoms with E-state index in [1.54, 1.807) is 7.11 Å². The Hall–Kier alpha value is -1.02. The second-order valence-electron chi connectivity index (χ2n) is 6.85. The van der Waals surface area contributed by atoms with Crippen molar-refractivity contribution in [1.29, 1.82) is 0 Å². The third kappa shape index (κ3) is 8.58. The largest absolute Gasteiger partial charge is 0.497 e. The number of aliphatic imine (C=N–C) groups is 1. The molecule has 1 aliphatic heterocycles. The van der Waals surface area contributed by atoms with Gasteiger partial charge in [-0.15, -0.1) is 24.0 Å². The van der Waals surface area contributed by atoms with E-state index in [9.17, 15) is 0 Å². The Kier molecular flexibility index (Phi) is 11.7. The summed E-state index contributed by atoms with van der Waals surface area (Å²) in [6.45, 7) is 10.6. The lowest BCUT2D eigenvalue weighted by Crippen LogP contribution is -2.39. The molecule has 2 N–H and O–H groups in total. The van der Waals surface area contributed by atoms with Gasteiger partial charge in [0.2, 0.25) is 0 Å². The first-order valence-electron chi connectivity index (χ1n) is 9.58. The molecular formula is C20H35IN4O. The summed E-state index contributed by atoms with van der Waals surface area (Å²) in [5, 5.41) is 6.77. The van der Waals surface area contributed by atoms with E-state index in [0.717, 1.165) is 42.7 Å². The fraction of sp³-hybridized carbons (Fsp3) is 0.650. The molecule has 0 aliphatic carbocycles. The number of benzene rings is 1. The summed E-state index contributed by atoms with van der Waals surface area (Å²) in [5.74, 6) is 2.66. The molecule has 6 heteroatoms. The molecule has 0 radical (unpaired) electrons. The Morgan fingerprint density at radius 2 is 2.04 bits per heavy atom. The monoisotopic (exact) mass is 474 g/mol. The first-order chi connectivity index (χ1) is 12.2. The van der Waals surface area contributed by atoms with Gasteiger partial charge in [-0.1, -0.05) is 19.1 Å². The molecule has 1 saturated heterocycles. The minimum Gasteiger partial charge on any atom is -0.497 e. The number of nitrogens with one attached hydrogen (secondary N) is 2. The van der Waals surface area contributed by atoms with E-state index in [2.05, 4.69) is 40.4 Å². The smallest absolute Gasteiger partial charge is 0.191 e. The maximum absolute atomic E-state index is 5.27. The van der Waals surface area contributed by atoms with Crippen LogP contribution in [0.3, 0.4) is 0 Å². The van der Waals surface area contributed by atoms with Crippen molar-refractivity contribution >= 4 is 29.9 Å². The van der Waals surface area contributed by atoms with Gasteiger partial charge in [0.25, 0.3) is 0 Å². The summed E-state index contributed by atoms with van der Waals surface area (Å²) < 4.78 is 5.27. The van der Waals surface area contributed by atoms with Gasteiger partial charge in [-0.05, 0) is 69.4 Å². The number of rotatable bonds is 8. The van der Waals surface area contributed by atoms with Gasteiger partial charge in [0.15, 0.2) is 5.96 Å². The molecule has 0 spiro atoms. The summed E-state index contributed by atoms with van der Waals surface area (Å²) in [6, 6.07) is 8.07. The quantitative estimate of drug-likeness (QED) is 0.262. The second-order valence-corrected chi connectivity index (χ2v) is 6.85. The van der Waals surface area contributed by atoms with E-state index < -0.39 is 0 Å². The molecular weight excluding hydrogens is 439 g/mol. The van der Waals surface area contributed by atoms with Crippen LogP contribution in [0.15, 0.2) is 29.3 Å². The molecule has 0 saturated carbocycles. The number of hydrogen-bond acceptors (Lipinski definition) is 3. The number of hydrogen-bond donors (Lipinski definition) is 2. The molecule has 0 unspecified atom stereocenters. The summed E-state index contributed by atoms with van der Waals surface area (Å²) >= 11 is 0. The Morgan fingerprint density at radius 1 is 1.27 bits per heavy atom. The molecule has 0 aromatic heterocycles. The van der Waals surface area contributed by atoms with Crippen LogP contribution in [-0.4, -0.2) is 50.7 Å². The van der Waals surface area contributed by atoms with Crippen molar-refractivity contribution in [2.45, 2.75) is 39.7 Å². The lowest BCUT2D eigenvalue weighted by Gasteiger charge is -2.30. The van der Waals surface area contributed by atoms with Crippen LogP contribution in [0.2, 0.25) is 0 Å². The molecule has 5 nitrogen and oxygen atoms in total. The highest BCUT2D eigenvalue weighted by molar-refractivity contribution is 14.0. The zero-order valence-electron chi connectivity index (χ0n) is 16.5. The lowest BCUT2D eigenvalue weighted by molar-refractivity contribution is 0.191. The lowest BCUT2D eigenvalue weighted by atomic mass is 9.99. The number of methoxy groups -OCH3 is 1. The Labute approximate surface area is 176 Å². The number of nitrogens with zero attached hydrogens (tertiary/aromatic N) is 2. The maximum atomic E-state index is 5.27. The van der Waals surface area contributed by atoms with Crippen LogP contribution in [0.5, 0.6) is 5.75 Å². The Balaban J connectivity index is 0.00000338. The summed E-state index contributed by atoms with van der Waals surface area (Å²) in [6.07, 6.45) is 3.84. The summed E-state index contributed by atoms with van der Waals surface area (Å²) in [7, 11) is 1.69. The van der Waals surface area contributed by atoms with Gasteiger partial charge in [-0.2, -0.15) is 0 Å². The number of piperidine rings is 1. The van der Waals surface area contributed by atoms with E-state index in [1.807, 2.05) is 18.2 Å². The highest BCUT2D eigenvalue weighted by Gasteiger charge is 2.14.